The van der Waals surface area contributed by atoms with E-state index in [0.717, 1.165) is 52.0 Å². The fourth-order valence-corrected chi connectivity index (χ4v) is 3.15. The van der Waals surface area contributed by atoms with Gasteiger partial charge >= 0.3 is 0 Å². The van der Waals surface area contributed by atoms with Crippen LogP contribution in [-0.2, 0) is 4.79 Å². The molecule has 0 unspecified atom stereocenters. The Bertz CT molecular complexity index is 300. The van der Waals surface area contributed by atoms with Crippen LogP contribution in [0.2, 0.25) is 0 Å². The van der Waals surface area contributed by atoms with E-state index in [-0.39, 0.29) is 17.9 Å². The molecule has 19 heavy (non-hydrogen) atoms. The van der Waals surface area contributed by atoms with Crippen LogP contribution in [0.4, 0.5) is 0 Å². The van der Waals surface area contributed by atoms with Crippen molar-refractivity contribution in [3.8, 4) is 0 Å². The Hall–Kier alpha value is -0.650. The van der Waals surface area contributed by atoms with Crippen LogP contribution in [0, 0.1) is 5.41 Å². The van der Waals surface area contributed by atoms with Gasteiger partial charge in [0.2, 0.25) is 5.91 Å². The Balaban J connectivity index is 1.82. The Morgan fingerprint density at radius 1 is 1.16 bits per heavy atom. The number of nitrogens with two attached hydrogens (primary N) is 1. The molecule has 0 aromatic carbocycles. The predicted molar refractivity (Wildman–Crippen MR) is 74.7 cm³/mol. The second-order valence-corrected chi connectivity index (χ2v) is 6.03. The molecule has 0 radical (unpaired) electrons. The number of amides is 1. The van der Waals surface area contributed by atoms with Gasteiger partial charge in [-0.1, -0.05) is 6.42 Å². The lowest BCUT2D eigenvalue weighted by Gasteiger charge is -2.41. The van der Waals surface area contributed by atoms with E-state index < -0.39 is 0 Å². The smallest absolute Gasteiger partial charge is 0.223 e. The summed E-state index contributed by atoms with van der Waals surface area (Å²) in [5.74, 6) is 0.274. The second-order valence-electron chi connectivity index (χ2n) is 6.03. The summed E-state index contributed by atoms with van der Waals surface area (Å²) < 4.78 is 0. The van der Waals surface area contributed by atoms with Gasteiger partial charge in [-0.15, -0.1) is 0 Å². The molecule has 0 aromatic rings. The van der Waals surface area contributed by atoms with Crippen molar-refractivity contribution in [3.63, 3.8) is 0 Å². The first-order chi connectivity index (χ1) is 9.19. The molecular weight excluding hydrogens is 242 g/mol. The summed E-state index contributed by atoms with van der Waals surface area (Å²) in [6, 6.07) is 0. The molecule has 110 valence electrons. The number of nitrogens with zero attached hydrogens (tertiary/aromatic N) is 2. The zero-order valence-electron chi connectivity index (χ0n) is 11.8. The van der Waals surface area contributed by atoms with Crippen molar-refractivity contribution in [1.29, 1.82) is 0 Å². The number of aliphatic hydroxyl groups is 1. The Morgan fingerprint density at radius 2 is 1.95 bits per heavy atom. The van der Waals surface area contributed by atoms with E-state index in [1.54, 1.807) is 0 Å². The highest BCUT2D eigenvalue weighted by atomic mass is 16.3. The van der Waals surface area contributed by atoms with E-state index in [1.807, 2.05) is 4.90 Å². The molecule has 1 saturated heterocycles. The SMILES string of the molecule is NCC1(CC(=O)N2CCCN(CCO)CC2)CCC1. The van der Waals surface area contributed by atoms with Gasteiger partial charge in [0.05, 0.1) is 6.61 Å². The maximum absolute atomic E-state index is 12.4. The van der Waals surface area contributed by atoms with Gasteiger partial charge in [0.1, 0.15) is 0 Å². The second kappa shape index (κ2) is 6.68. The van der Waals surface area contributed by atoms with E-state index in [9.17, 15) is 4.79 Å². The third-order valence-corrected chi connectivity index (χ3v) is 4.73. The highest BCUT2D eigenvalue weighted by Gasteiger charge is 2.38. The van der Waals surface area contributed by atoms with Crippen molar-refractivity contribution in [2.75, 3.05) is 45.9 Å². The van der Waals surface area contributed by atoms with Crippen LogP contribution in [0.25, 0.3) is 0 Å². The first-order valence-corrected chi connectivity index (χ1v) is 7.50. The predicted octanol–water partition coefficient (Wildman–Crippen LogP) is 0.0321. The molecule has 1 aliphatic heterocycles. The molecule has 0 atom stereocenters. The van der Waals surface area contributed by atoms with Crippen molar-refractivity contribution < 1.29 is 9.90 Å². The lowest BCUT2D eigenvalue weighted by Crippen LogP contribution is -2.44. The maximum Gasteiger partial charge on any atom is 0.223 e. The molecule has 0 aromatic heterocycles. The summed E-state index contributed by atoms with van der Waals surface area (Å²) in [7, 11) is 0. The standard InChI is InChI=1S/C14H27N3O2/c15-12-14(3-1-4-14)11-13(19)17-6-2-5-16(7-8-17)9-10-18/h18H,1-12,15H2. The van der Waals surface area contributed by atoms with Crippen molar-refractivity contribution in [2.45, 2.75) is 32.1 Å². The van der Waals surface area contributed by atoms with Gasteiger partial charge in [-0.05, 0) is 37.8 Å². The molecule has 1 amide bonds. The molecule has 0 bridgehead atoms. The first-order valence-electron chi connectivity index (χ1n) is 7.50. The number of aliphatic hydroxyl groups excluding tert-OH is 1. The van der Waals surface area contributed by atoms with Gasteiger partial charge in [-0.3, -0.25) is 9.69 Å². The molecule has 0 spiro atoms. The van der Waals surface area contributed by atoms with Crippen LogP contribution in [0.3, 0.4) is 0 Å². The number of β-amino-alcohol motifs (C(OH)–C–C–N with tert-alkyl or cyclic N) is 1. The quantitative estimate of drug-likeness (QED) is 0.739. The summed E-state index contributed by atoms with van der Waals surface area (Å²) in [5.41, 5.74) is 5.94. The molecule has 3 N–H and O–H groups in total. The lowest BCUT2D eigenvalue weighted by molar-refractivity contribution is -0.135. The van der Waals surface area contributed by atoms with Crippen LogP contribution in [0.5, 0.6) is 0 Å². The highest BCUT2D eigenvalue weighted by Crippen LogP contribution is 2.43. The zero-order valence-corrected chi connectivity index (χ0v) is 11.8. The van der Waals surface area contributed by atoms with Crippen molar-refractivity contribution >= 4 is 5.91 Å². The topological polar surface area (TPSA) is 69.8 Å². The molecule has 5 nitrogen and oxygen atoms in total. The third kappa shape index (κ3) is 3.68. The van der Waals surface area contributed by atoms with E-state index >= 15 is 0 Å². The maximum atomic E-state index is 12.4. The third-order valence-electron chi connectivity index (χ3n) is 4.73. The van der Waals surface area contributed by atoms with Crippen LogP contribution in [-0.4, -0.2) is 66.7 Å². The summed E-state index contributed by atoms with van der Waals surface area (Å²) in [6.07, 6.45) is 5.07. The molecule has 2 aliphatic rings. The molecule has 5 heteroatoms. The molecule has 2 rings (SSSR count). The van der Waals surface area contributed by atoms with E-state index in [2.05, 4.69) is 4.90 Å². The number of hydrogen-bond donors (Lipinski definition) is 2. The Labute approximate surface area is 115 Å². The lowest BCUT2D eigenvalue weighted by atomic mass is 9.66. The van der Waals surface area contributed by atoms with E-state index in [0.29, 0.717) is 13.0 Å². The molecule has 1 aliphatic carbocycles. The Morgan fingerprint density at radius 3 is 2.53 bits per heavy atom. The van der Waals surface area contributed by atoms with E-state index in [1.165, 1.54) is 6.42 Å². The van der Waals surface area contributed by atoms with Gasteiger partial charge in [0, 0.05) is 32.6 Å². The number of rotatable bonds is 5. The summed E-state index contributed by atoms with van der Waals surface area (Å²) >= 11 is 0. The van der Waals surface area contributed by atoms with Crippen LogP contribution in [0.1, 0.15) is 32.1 Å². The zero-order chi connectivity index (χ0) is 13.7. The normalized spacial score (nSPS) is 23.8. The number of hydrogen-bond acceptors (Lipinski definition) is 4. The van der Waals surface area contributed by atoms with Crippen molar-refractivity contribution in [2.24, 2.45) is 11.1 Å². The van der Waals surface area contributed by atoms with Crippen LogP contribution < -0.4 is 5.73 Å². The minimum atomic E-state index is 0.105. The number of carbonyl (C=O) groups is 1. The largest absolute Gasteiger partial charge is 0.395 e. The molecule has 1 heterocycles. The fraction of sp³-hybridized carbons (Fsp3) is 0.929. The average molecular weight is 269 g/mol. The van der Waals surface area contributed by atoms with Gasteiger partial charge in [0.15, 0.2) is 0 Å². The fourth-order valence-electron chi connectivity index (χ4n) is 3.15. The highest BCUT2D eigenvalue weighted by molar-refractivity contribution is 5.77. The molecule has 1 saturated carbocycles. The average Bonchev–Trinajstić information content (AvgIpc) is 2.60. The van der Waals surface area contributed by atoms with Crippen LogP contribution in [0.15, 0.2) is 0 Å². The molecular formula is C14H27N3O2. The van der Waals surface area contributed by atoms with Gasteiger partial charge in [0.25, 0.3) is 0 Å². The van der Waals surface area contributed by atoms with E-state index in [4.69, 9.17) is 10.8 Å². The monoisotopic (exact) mass is 269 g/mol. The Kier molecular flexibility index (Phi) is 5.19. The summed E-state index contributed by atoms with van der Waals surface area (Å²) in [4.78, 5) is 16.6. The van der Waals surface area contributed by atoms with Crippen molar-refractivity contribution in [1.82, 2.24) is 9.80 Å². The van der Waals surface area contributed by atoms with Crippen molar-refractivity contribution in [3.05, 3.63) is 0 Å². The minimum Gasteiger partial charge on any atom is -0.395 e. The van der Waals surface area contributed by atoms with Gasteiger partial charge in [-0.2, -0.15) is 0 Å². The van der Waals surface area contributed by atoms with Gasteiger partial charge < -0.3 is 15.7 Å². The number of carbonyl (C=O) groups excluding carboxylic acids is 1. The first kappa shape index (κ1) is 14.8. The van der Waals surface area contributed by atoms with Crippen LogP contribution >= 0.6 is 0 Å². The minimum absolute atomic E-state index is 0.105. The molecule has 2 fully saturated rings. The van der Waals surface area contributed by atoms with Gasteiger partial charge in [-0.25, -0.2) is 0 Å². The summed E-state index contributed by atoms with van der Waals surface area (Å²) in [6.45, 7) is 5.05. The summed E-state index contributed by atoms with van der Waals surface area (Å²) in [5, 5.41) is 8.97.